The molecule has 14 amide bonds. The summed E-state index contributed by atoms with van der Waals surface area (Å²) in [7, 11) is 0. The Morgan fingerprint density at radius 3 is 1.66 bits per heavy atom. The number of ether oxygens (including phenoxy) is 2. The number of halogens is 6. The number of likely N-dealkylation sites (tertiary alicyclic amines) is 1. The Balaban J connectivity index is 2.13. The molecule has 1 aromatic carbocycles. The lowest BCUT2D eigenvalue weighted by Gasteiger charge is -2.34. The van der Waals surface area contributed by atoms with Crippen LogP contribution in [0, 0.1) is 47.3 Å². The van der Waals surface area contributed by atoms with Crippen molar-refractivity contribution in [3.05, 3.63) is 47.7 Å². The van der Waals surface area contributed by atoms with Crippen LogP contribution in [0.5, 0.6) is 0 Å². The smallest absolute Gasteiger partial charge is 0.458 e. The van der Waals surface area contributed by atoms with E-state index in [0.717, 1.165) is 18.2 Å². The Hall–Kier alpha value is -9.94. The Bertz CT molecular complexity index is 3660. The maximum Gasteiger partial charge on any atom is 0.490 e. The summed E-state index contributed by atoms with van der Waals surface area (Å²) in [5.41, 5.74) is 0.244. The summed E-state index contributed by atoms with van der Waals surface area (Å²) in [6.45, 7) is 28.1. The maximum atomic E-state index is 15.1. The number of nitrogens with zero attached hydrogens (tertiary/aromatic N) is 1. The molecule has 32 nitrogen and oxygen atoms in total. The second-order valence-electron chi connectivity index (χ2n) is 31.8. The first-order chi connectivity index (χ1) is 54.5. The second-order valence-corrected chi connectivity index (χ2v) is 31.8. The van der Waals surface area contributed by atoms with Crippen molar-refractivity contribution in [3.63, 3.8) is 0 Å². The molecule has 2 aliphatic rings. The molecule has 1 aromatic rings. The Morgan fingerprint density at radius 2 is 1.13 bits per heavy atom. The molecule has 2 aliphatic heterocycles. The van der Waals surface area contributed by atoms with E-state index in [4.69, 9.17) is 4.74 Å². The molecule has 38 heteroatoms. The number of hydrogen-bond donors (Lipinski definition) is 13. The van der Waals surface area contributed by atoms with Crippen LogP contribution in [0.3, 0.4) is 0 Å². The van der Waals surface area contributed by atoms with Crippen molar-refractivity contribution in [2.75, 3.05) is 13.1 Å². The zero-order chi connectivity index (χ0) is 89.0. The third-order valence-corrected chi connectivity index (χ3v) is 20.7. The van der Waals surface area contributed by atoms with Crippen LogP contribution in [0.2, 0.25) is 0 Å². The van der Waals surface area contributed by atoms with Crippen molar-refractivity contribution in [1.82, 2.24) is 74.0 Å². The van der Waals surface area contributed by atoms with Gasteiger partial charge in [-0.25, -0.2) is 9.59 Å². The quantitative estimate of drug-likeness (QED) is 0.0199. The molecule has 17 atom stereocenters. The minimum Gasteiger partial charge on any atom is -0.458 e. The van der Waals surface area contributed by atoms with Gasteiger partial charge in [0.05, 0.1) is 0 Å². The van der Waals surface area contributed by atoms with Crippen LogP contribution in [0.15, 0.2) is 42.1 Å². The summed E-state index contributed by atoms with van der Waals surface area (Å²) >= 11 is 0. The van der Waals surface area contributed by atoms with Crippen molar-refractivity contribution in [3.8, 4) is 0 Å². The van der Waals surface area contributed by atoms with E-state index >= 15 is 9.59 Å². The first kappa shape index (κ1) is 101. The van der Waals surface area contributed by atoms with Crippen LogP contribution in [-0.2, 0) is 92.6 Å². The van der Waals surface area contributed by atoms with Gasteiger partial charge in [-0.3, -0.25) is 67.1 Å². The number of carbonyl (C=O) groups is 16. The largest absolute Gasteiger partial charge is 0.490 e. The number of alkyl halides is 6. The van der Waals surface area contributed by atoms with Crippen LogP contribution in [0.1, 0.15) is 195 Å². The minimum absolute atomic E-state index is 0.000738. The predicted molar refractivity (Wildman–Crippen MR) is 415 cm³/mol. The predicted octanol–water partition coefficient (Wildman–Crippen LogP) is 3.67. The van der Waals surface area contributed by atoms with E-state index in [-0.39, 0.29) is 56.7 Å². The molecule has 0 spiro atoms. The molecule has 3 rings (SSSR count). The van der Waals surface area contributed by atoms with Crippen LogP contribution in [0.4, 0.5) is 26.3 Å². The van der Waals surface area contributed by atoms with Crippen molar-refractivity contribution in [2.24, 2.45) is 47.3 Å². The van der Waals surface area contributed by atoms with Crippen LogP contribution in [0.25, 0.3) is 0 Å². The van der Waals surface area contributed by atoms with Crippen LogP contribution in [-0.4, -0.2) is 210 Å². The first-order valence-electron chi connectivity index (χ1n) is 39.9. The number of cyclic esters (lactones) is 1. The Morgan fingerprint density at radius 1 is 0.590 bits per heavy atom. The van der Waals surface area contributed by atoms with E-state index < -0.39 is 253 Å². The summed E-state index contributed by atoms with van der Waals surface area (Å²) in [6.07, 6.45) is -13.1. The molecule has 0 aromatic heterocycles. The number of carbonyl (C=O) groups excluding carboxylic acids is 16. The average molecular weight is 1670 g/mol. The molecule has 0 saturated carbocycles. The zero-order valence-electron chi connectivity index (χ0n) is 70.2. The molecule has 0 bridgehead atoms. The molecule has 2 heterocycles. The van der Waals surface area contributed by atoms with E-state index in [1.54, 1.807) is 84.1 Å². The summed E-state index contributed by atoms with van der Waals surface area (Å²) in [4.78, 5) is 228. The van der Waals surface area contributed by atoms with Gasteiger partial charge in [0, 0.05) is 25.9 Å². The van der Waals surface area contributed by atoms with Gasteiger partial charge < -0.3 is 83.5 Å². The van der Waals surface area contributed by atoms with Gasteiger partial charge in [-0.1, -0.05) is 166 Å². The van der Waals surface area contributed by atoms with Crippen LogP contribution >= 0.6 is 0 Å². The Labute approximate surface area is 679 Å². The highest BCUT2D eigenvalue weighted by Crippen LogP contribution is 2.25. The molecule has 117 heavy (non-hydrogen) atoms. The number of hydrogen-bond acceptors (Lipinski definition) is 18. The van der Waals surface area contributed by atoms with Crippen molar-refractivity contribution < 1.29 is 113 Å². The van der Waals surface area contributed by atoms with Gasteiger partial charge in [0.2, 0.25) is 70.9 Å². The normalized spacial score (nSPS) is 21.9. The van der Waals surface area contributed by atoms with E-state index in [9.17, 15) is 93.5 Å². The highest BCUT2D eigenvalue weighted by Gasteiger charge is 2.48. The fraction of sp³-hybridized carbons (Fsp3) is 0.696. The lowest BCUT2D eigenvalue weighted by Crippen LogP contribution is -2.64. The van der Waals surface area contributed by atoms with E-state index in [0.29, 0.717) is 12.0 Å². The second kappa shape index (κ2) is 46.9. The summed E-state index contributed by atoms with van der Waals surface area (Å²) in [6, 6.07) is -11.0. The van der Waals surface area contributed by atoms with E-state index in [1.807, 2.05) is 13.8 Å². The average Bonchev–Trinajstić information content (AvgIpc) is 1.71. The highest BCUT2D eigenvalue weighted by atomic mass is 19.4. The van der Waals surface area contributed by atoms with Gasteiger partial charge in [0.15, 0.2) is 0 Å². The number of allylic oxidation sites excluding steroid dienone is 1. The van der Waals surface area contributed by atoms with Gasteiger partial charge >= 0.3 is 30.2 Å². The SMILES string of the molecule is C/C=C1\NC(=O)[C@H](Cc2ccccc2)NC(=O)[C@@H](C(C)C)NC(=O)[C@@H]([C@H](C)CC)NC(=O)[C@H](NC(=O)[C@H](NC(=O)[C@H](CCCNC(=O)C(F)(F)F)NC(=O)[C@H]2CCCN2C(=O)[C@H](NC(=O)[C@@H](NC(=O)[C@@H](NC(=O)[C@H](NC(=O)CC[C@@H](C)CC)C(C)C)[C@@H](C)OC(=O)C(F)(F)F)C(C)C)C(C)C)[C@H](C)CC)[C@H](C)OC(=O)[C@H](C(C)C)NC1=O. The number of esters is 2. The molecule has 658 valence electrons. The van der Waals surface area contributed by atoms with Gasteiger partial charge in [-0.2, -0.15) is 26.3 Å². The highest BCUT2D eigenvalue weighted by molar-refractivity contribution is 6.03. The molecule has 2 fully saturated rings. The molecule has 13 N–H and O–H groups in total. The standard InChI is InChI=1S/C79H122F6N14O18/c1-20-43(15)33-34-53(100)90-54(38(5)6)68(106)97-62(47(19)117-77(115)79(83,84)85)72(110)92-56(40(9)10)69(107)93-57(41(11)12)74(112)99-36-28-32-52(99)66(104)88-50(31-27-35-86-76(114)78(80,81)82)64(102)95-59(44(16)21-2)71(109)98-61-46(18)116-75(113)58(42(13)14)94-63(101)49(23-4)87-65(103)51(37-48-29-25-24-26-30-48)89-67(105)55(39(7)8)91-70(108)60(45(17)22-3)96-73(61)111/h23-26,29-30,38-47,50-52,54-62H,20-22,27-28,31-37H2,1-19H3,(H,86,114)(H,87,103)(H,88,104)(H,89,105)(H,90,100)(H,91,108)(H,92,110)(H,93,107)(H,94,101)(H,95,102)(H,96,111)(H,97,106)(H,98,109)/b49-23-/t43-,44+,45+,46-,47+,50-,51-,52+,54+,55+,56-,57+,58-,59+,60+,61+,62-/m0/s1. The number of amides is 14. The van der Waals surface area contributed by atoms with E-state index in [2.05, 4.69) is 68.5 Å². The maximum absolute atomic E-state index is 15.1. The monoisotopic (exact) mass is 1670 g/mol. The van der Waals surface area contributed by atoms with Crippen molar-refractivity contribution >= 4 is 94.6 Å². The molecular formula is C79H122F6N14O18. The number of benzene rings is 1. The minimum atomic E-state index is -5.57. The lowest BCUT2D eigenvalue weighted by molar-refractivity contribution is -0.205. The fourth-order valence-electron chi connectivity index (χ4n) is 12.6. The summed E-state index contributed by atoms with van der Waals surface area (Å²) in [5, 5.41) is 32.2. The molecule has 0 radical (unpaired) electrons. The van der Waals surface area contributed by atoms with Gasteiger partial charge in [0.1, 0.15) is 90.4 Å². The van der Waals surface area contributed by atoms with Gasteiger partial charge in [0.25, 0.3) is 5.91 Å². The van der Waals surface area contributed by atoms with Crippen molar-refractivity contribution in [2.45, 2.75) is 293 Å². The Kier molecular flexibility index (Phi) is 40.6. The lowest BCUT2D eigenvalue weighted by atomic mass is 9.95. The third kappa shape index (κ3) is 31.1. The van der Waals surface area contributed by atoms with Gasteiger partial charge in [-0.15, -0.1) is 0 Å². The first-order valence-corrected chi connectivity index (χ1v) is 39.9. The van der Waals surface area contributed by atoms with Gasteiger partial charge in [-0.05, 0) is 106 Å². The van der Waals surface area contributed by atoms with Crippen molar-refractivity contribution in [1.29, 1.82) is 0 Å². The third-order valence-electron chi connectivity index (χ3n) is 20.7. The van der Waals surface area contributed by atoms with E-state index in [1.165, 1.54) is 68.4 Å². The number of nitrogens with one attached hydrogen (secondary N) is 13. The summed E-state index contributed by atoms with van der Waals surface area (Å²) < 4.78 is 91.7. The molecule has 2 saturated heterocycles. The number of rotatable bonds is 35. The topological polar surface area (TPSA) is 451 Å². The van der Waals surface area contributed by atoms with Crippen LogP contribution < -0.4 is 69.1 Å². The molecular weight excluding hydrogens is 1550 g/mol. The molecule has 0 unspecified atom stereocenters. The zero-order valence-corrected chi connectivity index (χ0v) is 70.2. The molecule has 0 aliphatic carbocycles. The fourth-order valence-corrected chi connectivity index (χ4v) is 12.6. The summed E-state index contributed by atoms with van der Waals surface area (Å²) in [5.74, 6) is -24.6.